The van der Waals surface area contributed by atoms with Crippen molar-refractivity contribution in [1.29, 1.82) is 0 Å². The van der Waals surface area contributed by atoms with Crippen molar-refractivity contribution in [3.05, 3.63) is 16.1 Å². The molecule has 2 rings (SSSR count). The van der Waals surface area contributed by atoms with Crippen LogP contribution in [-0.4, -0.2) is 34.3 Å². The highest BCUT2D eigenvalue weighted by molar-refractivity contribution is 8.07. The highest BCUT2D eigenvalue weighted by atomic mass is 32.2. The summed E-state index contributed by atoms with van der Waals surface area (Å²) < 4.78 is 4.66. The highest BCUT2D eigenvalue weighted by Crippen LogP contribution is 2.44. The van der Waals surface area contributed by atoms with E-state index in [1.54, 1.807) is 11.3 Å². The fraction of sp³-hybridized carbons (Fsp3) is 0.667. The Morgan fingerprint density at radius 1 is 1.50 bits per heavy atom. The zero-order chi connectivity index (χ0) is 13.1. The van der Waals surface area contributed by atoms with Crippen molar-refractivity contribution in [2.75, 3.05) is 12.9 Å². The van der Waals surface area contributed by atoms with Crippen molar-refractivity contribution in [3.8, 4) is 0 Å². The van der Waals surface area contributed by atoms with E-state index in [1.807, 2.05) is 28.9 Å². The first kappa shape index (κ1) is 14.2. The number of methoxy groups -OCH3 is 1. The molecule has 1 aliphatic rings. The van der Waals surface area contributed by atoms with Crippen molar-refractivity contribution in [1.82, 2.24) is 4.98 Å². The summed E-state index contributed by atoms with van der Waals surface area (Å²) in [6, 6.07) is 0. The Morgan fingerprint density at radius 2 is 2.28 bits per heavy atom. The van der Waals surface area contributed by atoms with Gasteiger partial charge in [-0.2, -0.15) is 11.8 Å². The van der Waals surface area contributed by atoms with Gasteiger partial charge in [-0.3, -0.25) is 4.79 Å². The Hall–Kier alpha value is -0.200. The second-order valence-electron chi connectivity index (χ2n) is 4.30. The molecule has 3 nitrogen and oxygen atoms in total. The molecule has 0 saturated carbocycles. The van der Waals surface area contributed by atoms with E-state index in [2.05, 4.69) is 23.6 Å². The molecular formula is C12H17NO2S3. The number of carbonyl (C=O) groups excluding carboxylic acids is 1. The van der Waals surface area contributed by atoms with Gasteiger partial charge in [-0.25, -0.2) is 4.98 Å². The molecule has 1 aromatic heterocycles. The van der Waals surface area contributed by atoms with Crippen LogP contribution in [0, 0.1) is 0 Å². The van der Waals surface area contributed by atoms with Crippen LogP contribution in [0.25, 0.3) is 0 Å². The molecule has 100 valence electrons. The number of esters is 1. The van der Waals surface area contributed by atoms with Crippen LogP contribution in [0.4, 0.5) is 0 Å². The van der Waals surface area contributed by atoms with Crippen LogP contribution in [0.5, 0.6) is 0 Å². The Balaban J connectivity index is 1.99. The van der Waals surface area contributed by atoms with Crippen molar-refractivity contribution >= 4 is 40.8 Å². The summed E-state index contributed by atoms with van der Waals surface area (Å²) in [7, 11) is 1.41. The first-order valence-corrected chi connectivity index (χ1v) is 8.75. The summed E-state index contributed by atoms with van der Waals surface area (Å²) >= 11 is 5.67. The number of aromatic nitrogens is 1. The van der Waals surface area contributed by atoms with E-state index in [0.29, 0.717) is 15.7 Å². The maximum Gasteiger partial charge on any atom is 0.311 e. The molecule has 0 amide bonds. The third-order valence-corrected chi connectivity index (χ3v) is 7.50. The van der Waals surface area contributed by atoms with Crippen molar-refractivity contribution < 1.29 is 9.53 Å². The van der Waals surface area contributed by atoms with Gasteiger partial charge in [-0.1, -0.05) is 13.8 Å². The van der Waals surface area contributed by atoms with E-state index >= 15 is 0 Å². The lowest BCUT2D eigenvalue weighted by Crippen LogP contribution is -2.21. The highest BCUT2D eigenvalue weighted by Gasteiger charge is 2.28. The van der Waals surface area contributed by atoms with Crippen molar-refractivity contribution in [3.63, 3.8) is 0 Å². The average molecular weight is 303 g/mol. The van der Waals surface area contributed by atoms with Gasteiger partial charge in [0.05, 0.1) is 24.5 Å². The minimum absolute atomic E-state index is 0.223. The van der Waals surface area contributed by atoms with E-state index < -0.39 is 0 Å². The molecule has 0 bridgehead atoms. The van der Waals surface area contributed by atoms with Gasteiger partial charge in [0.1, 0.15) is 5.01 Å². The third-order valence-electron chi connectivity index (χ3n) is 2.95. The van der Waals surface area contributed by atoms with Gasteiger partial charge in [0.25, 0.3) is 0 Å². The van der Waals surface area contributed by atoms with Crippen LogP contribution in [-0.2, 0) is 16.0 Å². The summed E-state index contributed by atoms with van der Waals surface area (Å²) in [6.07, 6.45) is 0.281. The van der Waals surface area contributed by atoms with Crippen LogP contribution in [0.3, 0.4) is 0 Å². The molecule has 0 aromatic carbocycles. The number of thioether (sulfide) groups is 2. The molecule has 0 spiro atoms. The quantitative estimate of drug-likeness (QED) is 0.802. The van der Waals surface area contributed by atoms with Gasteiger partial charge in [0.2, 0.25) is 0 Å². The minimum atomic E-state index is -0.223. The summed E-state index contributed by atoms with van der Waals surface area (Å²) in [5, 5.41) is 4.95. The smallest absolute Gasteiger partial charge is 0.311 e. The van der Waals surface area contributed by atoms with Gasteiger partial charge in [0.15, 0.2) is 0 Å². The van der Waals surface area contributed by atoms with E-state index in [4.69, 9.17) is 0 Å². The topological polar surface area (TPSA) is 39.2 Å². The van der Waals surface area contributed by atoms with Gasteiger partial charge < -0.3 is 4.74 Å². The van der Waals surface area contributed by atoms with Crippen molar-refractivity contribution in [2.45, 2.75) is 36.0 Å². The fourth-order valence-corrected chi connectivity index (χ4v) is 5.72. The lowest BCUT2D eigenvalue weighted by molar-refractivity contribution is -0.139. The maximum atomic E-state index is 11.2. The Morgan fingerprint density at radius 3 is 2.94 bits per heavy atom. The van der Waals surface area contributed by atoms with Gasteiger partial charge >= 0.3 is 5.97 Å². The van der Waals surface area contributed by atoms with Crippen LogP contribution < -0.4 is 0 Å². The molecule has 3 unspecified atom stereocenters. The second-order valence-corrected chi connectivity index (χ2v) is 8.18. The molecular weight excluding hydrogens is 286 g/mol. The molecule has 0 aliphatic carbocycles. The lowest BCUT2D eigenvalue weighted by Gasteiger charge is -2.30. The molecule has 0 N–H and O–H groups in total. The van der Waals surface area contributed by atoms with Crippen LogP contribution in [0.2, 0.25) is 0 Å². The molecule has 0 radical (unpaired) electrons. The Kier molecular flexibility index (Phi) is 4.98. The standard InChI is InChI=1S/C12H17NO2S3/c1-7-8(2)18-10(6-16-7)12-13-9(5-17-12)4-11(14)15-3/h5,7-8,10H,4,6H2,1-3H3. The SMILES string of the molecule is COC(=O)Cc1csc(C2CSC(C)C(C)S2)n1. The number of hydrogen-bond acceptors (Lipinski definition) is 6. The fourth-order valence-electron chi connectivity index (χ4n) is 1.68. The van der Waals surface area contributed by atoms with Crippen LogP contribution in [0.15, 0.2) is 5.38 Å². The van der Waals surface area contributed by atoms with Gasteiger partial charge in [-0.15, -0.1) is 23.1 Å². The van der Waals surface area contributed by atoms with Crippen molar-refractivity contribution in [2.24, 2.45) is 0 Å². The average Bonchev–Trinajstić information content (AvgIpc) is 2.81. The molecule has 2 heterocycles. The Bertz CT molecular complexity index is 421. The zero-order valence-electron chi connectivity index (χ0n) is 10.7. The molecule has 3 atom stereocenters. The number of rotatable bonds is 3. The van der Waals surface area contributed by atoms with E-state index in [9.17, 15) is 4.79 Å². The van der Waals surface area contributed by atoms with Crippen LogP contribution in [0.1, 0.15) is 29.8 Å². The largest absolute Gasteiger partial charge is 0.469 e. The zero-order valence-corrected chi connectivity index (χ0v) is 13.2. The first-order chi connectivity index (χ1) is 8.60. The summed E-state index contributed by atoms with van der Waals surface area (Å²) in [5.41, 5.74) is 0.832. The molecule has 1 saturated heterocycles. The van der Waals surface area contributed by atoms with Crippen LogP contribution >= 0.6 is 34.9 Å². The second kappa shape index (κ2) is 6.30. The predicted molar refractivity (Wildman–Crippen MR) is 79.5 cm³/mol. The monoisotopic (exact) mass is 303 g/mol. The number of carbonyl (C=O) groups is 1. The number of nitrogens with zero attached hydrogens (tertiary/aromatic N) is 1. The molecule has 6 heteroatoms. The predicted octanol–water partition coefficient (Wildman–Crippen LogP) is 3.16. The van der Waals surface area contributed by atoms with E-state index in [0.717, 1.165) is 16.5 Å². The normalized spacial score (nSPS) is 28.1. The molecule has 18 heavy (non-hydrogen) atoms. The van der Waals surface area contributed by atoms with E-state index in [-0.39, 0.29) is 12.4 Å². The lowest BCUT2D eigenvalue weighted by atomic mass is 10.3. The summed E-state index contributed by atoms with van der Waals surface area (Å²) in [5.74, 6) is 0.890. The third kappa shape index (κ3) is 3.42. The molecule has 1 aromatic rings. The first-order valence-electron chi connectivity index (χ1n) is 5.88. The summed E-state index contributed by atoms with van der Waals surface area (Å²) in [4.78, 5) is 15.8. The van der Waals surface area contributed by atoms with Gasteiger partial charge in [-0.05, 0) is 0 Å². The summed E-state index contributed by atoms with van der Waals surface area (Å²) in [6.45, 7) is 4.56. The number of thiazole rings is 1. The molecule has 1 fully saturated rings. The maximum absolute atomic E-state index is 11.2. The number of ether oxygens (including phenoxy) is 1. The van der Waals surface area contributed by atoms with E-state index in [1.165, 1.54) is 7.11 Å². The minimum Gasteiger partial charge on any atom is -0.469 e. The van der Waals surface area contributed by atoms with Gasteiger partial charge in [0, 0.05) is 21.6 Å². The molecule has 1 aliphatic heterocycles. The number of hydrogen-bond donors (Lipinski definition) is 0. The Labute approximate surface area is 120 Å².